The maximum Gasteiger partial charge on any atom is 0.132 e. The number of hydrogen-bond donors (Lipinski definition) is 0. The molecular formula is C29H42FN. The number of aromatic nitrogens is 1. The van der Waals surface area contributed by atoms with E-state index < -0.39 is 0 Å². The summed E-state index contributed by atoms with van der Waals surface area (Å²) in [5, 5.41) is 0. The lowest BCUT2D eigenvalue weighted by Crippen LogP contribution is -2.13. The molecule has 0 atom stereocenters. The third-order valence-corrected chi connectivity index (χ3v) is 7.20. The molecule has 3 rings (SSSR count). The van der Waals surface area contributed by atoms with Gasteiger partial charge in [-0.1, -0.05) is 77.3 Å². The normalized spacial score (nSPS) is 18.9. The maximum absolute atomic E-state index is 14.8. The topological polar surface area (TPSA) is 12.9 Å². The zero-order chi connectivity index (χ0) is 21.9. The van der Waals surface area contributed by atoms with Crippen molar-refractivity contribution in [1.29, 1.82) is 0 Å². The lowest BCUT2D eigenvalue weighted by Gasteiger charge is -2.28. The van der Waals surface area contributed by atoms with E-state index in [0.717, 1.165) is 30.0 Å². The van der Waals surface area contributed by atoms with Crippen molar-refractivity contribution < 1.29 is 4.39 Å². The highest BCUT2D eigenvalue weighted by Crippen LogP contribution is 2.38. The van der Waals surface area contributed by atoms with Gasteiger partial charge in [0, 0.05) is 11.8 Å². The summed E-state index contributed by atoms with van der Waals surface area (Å²) in [6.07, 6.45) is 19.9. The van der Waals surface area contributed by atoms with E-state index in [4.69, 9.17) is 0 Å². The van der Waals surface area contributed by atoms with E-state index in [1.807, 2.05) is 18.3 Å². The molecule has 0 aliphatic heterocycles. The Hall–Kier alpha value is -1.70. The summed E-state index contributed by atoms with van der Waals surface area (Å²) < 4.78 is 14.8. The van der Waals surface area contributed by atoms with Gasteiger partial charge < -0.3 is 0 Å². The van der Waals surface area contributed by atoms with E-state index >= 15 is 0 Å². The van der Waals surface area contributed by atoms with Crippen molar-refractivity contribution in [3.05, 3.63) is 53.5 Å². The van der Waals surface area contributed by atoms with Gasteiger partial charge in [-0.15, -0.1) is 0 Å². The van der Waals surface area contributed by atoms with Gasteiger partial charge in [-0.2, -0.15) is 0 Å². The number of unbranched alkanes of at least 4 members (excludes halogenated alkanes) is 6. The molecule has 1 heterocycles. The highest BCUT2D eigenvalue weighted by Gasteiger charge is 2.22. The van der Waals surface area contributed by atoms with Crippen molar-refractivity contribution in [3.8, 4) is 11.3 Å². The summed E-state index contributed by atoms with van der Waals surface area (Å²) >= 11 is 0. The van der Waals surface area contributed by atoms with Gasteiger partial charge in [0.2, 0.25) is 0 Å². The monoisotopic (exact) mass is 423 g/mol. The van der Waals surface area contributed by atoms with Crippen molar-refractivity contribution in [2.45, 2.75) is 110 Å². The second-order valence-corrected chi connectivity index (χ2v) is 9.67. The van der Waals surface area contributed by atoms with Crippen molar-refractivity contribution in [1.82, 2.24) is 4.98 Å². The lowest BCUT2D eigenvalue weighted by atomic mass is 9.77. The van der Waals surface area contributed by atoms with Crippen molar-refractivity contribution >= 4 is 0 Å². The minimum absolute atomic E-state index is 0.139. The molecule has 2 heteroatoms. The predicted octanol–water partition coefficient (Wildman–Crippen LogP) is 9.25. The summed E-state index contributed by atoms with van der Waals surface area (Å²) in [6.45, 7) is 4.52. The first-order valence-electron chi connectivity index (χ1n) is 13.0. The zero-order valence-electron chi connectivity index (χ0n) is 19.8. The van der Waals surface area contributed by atoms with E-state index in [1.54, 1.807) is 6.07 Å². The quantitative estimate of drug-likeness (QED) is 0.310. The van der Waals surface area contributed by atoms with Crippen LogP contribution >= 0.6 is 0 Å². The molecule has 0 amide bonds. The van der Waals surface area contributed by atoms with E-state index in [2.05, 4.69) is 31.0 Å². The van der Waals surface area contributed by atoms with Gasteiger partial charge in [-0.3, -0.25) is 4.98 Å². The number of aryl methyl sites for hydroxylation is 1. The molecule has 31 heavy (non-hydrogen) atoms. The van der Waals surface area contributed by atoms with Gasteiger partial charge in [0.1, 0.15) is 5.82 Å². The van der Waals surface area contributed by atoms with Crippen LogP contribution in [-0.4, -0.2) is 4.98 Å². The highest BCUT2D eigenvalue weighted by atomic mass is 19.1. The molecule has 1 aliphatic rings. The predicted molar refractivity (Wildman–Crippen MR) is 131 cm³/mol. The number of benzene rings is 1. The fourth-order valence-corrected chi connectivity index (χ4v) is 5.11. The van der Waals surface area contributed by atoms with Crippen LogP contribution in [0.4, 0.5) is 4.39 Å². The zero-order valence-corrected chi connectivity index (χ0v) is 19.8. The third-order valence-electron chi connectivity index (χ3n) is 7.20. The van der Waals surface area contributed by atoms with Gasteiger partial charge in [0.05, 0.1) is 5.69 Å². The highest BCUT2D eigenvalue weighted by molar-refractivity contribution is 5.60. The summed E-state index contributed by atoms with van der Waals surface area (Å²) in [4.78, 5) is 4.65. The van der Waals surface area contributed by atoms with Crippen LogP contribution in [0.5, 0.6) is 0 Å². The molecule has 0 radical (unpaired) electrons. The maximum atomic E-state index is 14.8. The van der Waals surface area contributed by atoms with Crippen LogP contribution in [0.15, 0.2) is 36.5 Å². The third kappa shape index (κ3) is 7.44. The molecule has 0 bridgehead atoms. The molecule has 0 spiro atoms. The number of rotatable bonds is 12. The van der Waals surface area contributed by atoms with E-state index in [9.17, 15) is 4.39 Å². The Morgan fingerprint density at radius 3 is 2.26 bits per heavy atom. The van der Waals surface area contributed by atoms with Crippen molar-refractivity contribution in [2.24, 2.45) is 5.92 Å². The Kier molecular flexibility index (Phi) is 10.0. The van der Waals surface area contributed by atoms with Gasteiger partial charge >= 0.3 is 0 Å². The van der Waals surface area contributed by atoms with Crippen LogP contribution < -0.4 is 0 Å². The molecule has 1 fully saturated rings. The van der Waals surface area contributed by atoms with Crippen LogP contribution in [-0.2, 0) is 6.42 Å². The Morgan fingerprint density at radius 1 is 0.839 bits per heavy atom. The minimum atomic E-state index is -0.139. The molecule has 2 aromatic rings. The molecule has 1 aromatic carbocycles. The molecule has 0 unspecified atom stereocenters. The number of halogens is 1. The summed E-state index contributed by atoms with van der Waals surface area (Å²) in [6, 6.07) is 9.92. The molecule has 1 nitrogen and oxygen atoms in total. The summed E-state index contributed by atoms with van der Waals surface area (Å²) in [5.41, 5.74) is 3.82. The molecule has 1 aliphatic carbocycles. The smallest absolute Gasteiger partial charge is 0.132 e. The van der Waals surface area contributed by atoms with E-state index in [0.29, 0.717) is 11.5 Å². The Bertz CT molecular complexity index is 759. The SMILES string of the molecule is CCCCCCCCc1ccc(-c2ccc([C@H]3CC[C@H](CCCC)CC3)cn2)c(F)c1. The second-order valence-electron chi connectivity index (χ2n) is 9.67. The van der Waals surface area contributed by atoms with Crippen LogP contribution in [0.2, 0.25) is 0 Å². The lowest BCUT2D eigenvalue weighted by molar-refractivity contribution is 0.304. The molecule has 0 saturated heterocycles. The van der Waals surface area contributed by atoms with E-state index in [-0.39, 0.29) is 5.82 Å². The van der Waals surface area contributed by atoms with Crippen LogP contribution in [0.3, 0.4) is 0 Å². The summed E-state index contributed by atoms with van der Waals surface area (Å²) in [7, 11) is 0. The van der Waals surface area contributed by atoms with Crippen molar-refractivity contribution in [3.63, 3.8) is 0 Å². The molecule has 1 aromatic heterocycles. The standard InChI is InChI=1S/C29H42FN/c1-3-5-7-8-9-10-12-24-15-19-27(28(30)21-24)29-20-18-26(22-31-29)25-16-13-23(14-17-25)11-6-4-2/h15,18-23,25H,3-14,16-17H2,1-2H3/t23-,25-. The molecule has 0 N–H and O–H groups in total. The number of nitrogens with zero attached hydrogens (tertiary/aromatic N) is 1. The fraction of sp³-hybridized carbons (Fsp3) is 0.621. The Morgan fingerprint density at radius 2 is 1.58 bits per heavy atom. The molecular weight excluding hydrogens is 381 g/mol. The van der Waals surface area contributed by atoms with Gasteiger partial charge in [0.25, 0.3) is 0 Å². The minimum Gasteiger partial charge on any atom is -0.256 e. The largest absolute Gasteiger partial charge is 0.256 e. The van der Waals surface area contributed by atoms with E-state index in [1.165, 1.54) is 82.6 Å². The fourth-order valence-electron chi connectivity index (χ4n) is 5.11. The second kappa shape index (κ2) is 13.0. The summed E-state index contributed by atoms with van der Waals surface area (Å²) in [5.74, 6) is 1.41. The van der Waals surface area contributed by atoms with Crippen LogP contribution in [0.25, 0.3) is 11.3 Å². The van der Waals surface area contributed by atoms with Crippen molar-refractivity contribution in [2.75, 3.05) is 0 Å². The van der Waals surface area contributed by atoms with Crippen LogP contribution in [0.1, 0.15) is 114 Å². The average Bonchev–Trinajstić information content (AvgIpc) is 2.81. The number of pyridine rings is 1. The van der Waals surface area contributed by atoms with Gasteiger partial charge in [0.15, 0.2) is 0 Å². The number of hydrogen-bond acceptors (Lipinski definition) is 1. The van der Waals surface area contributed by atoms with Crippen LogP contribution in [0, 0.1) is 11.7 Å². The first-order chi connectivity index (χ1) is 15.2. The Balaban J connectivity index is 1.51. The average molecular weight is 424 g/mol. The molecule has 170 valence electrons. The van der Waals surface area contributed by atoms with Gasteiger partial charge in [-0.05, 0) is 79.7 Å². The molecule has 1 saturated carbocycles. The first-order valence-corrected chi connectivity index (χ1v) is 13.0. The van der Waals surface area contributed by atoms with Gasteiger partial charge in [-0.25, -0.2) is 4.39 Å². The Labute approximate surface area is 189 Å². The first kappa shape index (κ1) is 24.0.